The van der Waals surface area contributed by atoms with Crippen molar-refractivity contribution in [3.8, 4) is 6.07 Å². The number of carbonyl (C=O) groups excluding carboxylic acids is 1. The summed E-state index contributed by atoms with van der Waals surface area (Å²) >= 11 is 6.64. The molecule has 0 aliphatic rings. The van der Waals surface area contributed by atoms with Crippen LogP contribution in [0.15, 0.2) is 39.3 Å². The molecule has 0 bridgehead atoms. The number of halogens is 2. The lowest BCUT2D eigenvalue weighted by Crippen LogP contribution is -2.15. The molecule has 2 aromatic rings. The highest BCUT2D eigenvalue weighted by Crippen LogP contribution is 2.25. The maximum atomic E-state index is 12.4. The lowest BCUT2D eigenvalue weighted by molar-refractivity contribution is 0.102. The van der Waals surface area contributed by atoms with Gasteiger partial charge < -0.3 is 11.1 Å². The van der Waals surface area contributed by atoms with Crippen molar-refractivity contribution in [2.75, 3.05) is 11.1 Å². The second kappa shape index (κ2) is 6.29. The summed E-state index contributed by atoms with van der Waals surface area (Å²) in [6, 6.07) is 10.6. The number of benzene rings is 2. The lowest BCUT2D eigenvalue weighted by atomic mass is 10.1. The predicted octanol–water partition coefficient (Wildman–Crippen LogP) is 4.23. The molecule has 0 fully saturated rings. The van der Waals surface area contributed by atoms with E-state index in [1.165, 1.54) is 0 Å². The third-order valence-corrected chi connectivity index (χ3v) is 3.96. The zero-order chi connectivity index (χ0) is 15.6. The number of nitrogens with one attached hydrogen (secondary N) is 1. The number of nitriles is 1. The quantitative estimate of drug-likeness (QED) is 0.729. The van der Waals surface area contributed by atoms with E-state index in [0.717, 1.165) is 8.95 Å². The predicted molar refractivity (Wildman–Crippen MR) is 90.1 cm³/mol. The van der Waals surface area contributed by atoms with Crippen LogP contribution in [0.25, 0.3) is 0 Å². The molecule has 6 heteroatoms. The van der Waals surface area contributed by atoms with Crippen molar-refractivity contribution in [2.45, 2.75) is 6.92 Å². The molecular formula is C15H11Br2N3O. The summed E-state index contributed by atoms with van der Waals surface area (Å²) in [6.45, 7) is 1.78. The highest BCUT2D eigenvalue weighted by Gasteiger charge is 2.14. The molecule has 0 heterocycles. The van der Waals surface area contributed by atoms with Crippen LogP contribution in [0.2, 0.25) is 0 Å². The van der Waals surface area contributed by atoms with Gasteiger partial charge in [0.05, 0.1) is 11.3 Å². The van der Waals surface area contributed by atoms with E-state index in [1.807, 2.05) is 6.07 Å². The molecule has 0 spiro atoms. The van der Waals surface area contributed by atoms with Gasteiger partial charge in [0.15, 0.2) is 0 Å². The van der Waals surface area contributed by atoms with Crippen LogP contribution < -0.4 is 11.1 Å². The second-order valence-electron chi connectivity index (χ2n) is 4.42. The Morgan fingerprint density at radius 1 is 1.24 bits per heavy atom. The summed E-state index contributed by atoms with van der Waals surface area (Å²) in [5.74, 6) is -0.310. The van der Waals surface area contributed by atoms with E-state index in [4.69, 9.17) is 11.0 Å². The fourth-order valence-corrected chi connectivity index (χ4v) is 2.68. The van der Waals surface area contributed by atoms with Gasteiger partial charge in [0, 0.05) is 20.2 Å². The van der Waals surface area contributed by atoms with E-state index in [1.54, 1.807) is 37.3 Å². The number of nitrogens with two attached hydrogens (primary N) is 1. The van der Waals surface area contributed by atoms with Gasteiger partial charge in [-0.25, -0.2) is 0 Å². The largest absolute Gasteiger partial charge is 0.398 e. The third kappa shape index (κ3) is 3.43. The topological polar surface area (TPSA) is 78.9 Å². The molecule has 1 amide bonds. The number of nitrogen functional groups attached to an aromatic ring is 1. The molecule has 2 rings (SSSR count). The molecule has 2 aromatic carbocycles. The van der Waals surface area contributed by atoms with Gasteiger partial charge in [0.1, 0.15) is 6.07 Å². The molecule has 0 aromatic heterocycles. The highest BCUT2D eigenvalue weighted by molar-refractivity contribution is 9.10. The van der Waals surface area contributed by atoms with Crippen molar-refractivity contribution >= 4 is 49.1 Å². The van der Waals surface area contributed by atoms with E-state index >= 15 is 0 Å². The normalized spacial score (nSPS) is 10.0. The maximum absolute atomic E-state index is 12.4. The van der Waals surface area contributed by atoms with Crippen LogP contribution in [0, 0.1) is 18.3 Å². The van der Waals surface area contributed by atoms with Gasteiger partial charge in [0.2, 0.25) is 0 Å². The van der Waals surface area contributed by atoms with Crippen molar-refractivity contribution in [3.05, 3.63) is 56.0 Å². The summed E-state index contributed by atoms with van der Waals surface area (Å²) in [4.78, 5) is 12.4. The molecule has 4 nitrogen and oxygen atoms in total. The van der Waals surface area contributed by atoms with Gasteiger partial charge in [-0.05, 0) is 42.8 Å². The molecule has 0 aliphatic carbocycles. The standard InChI is InChI=1S/C15H11Br2N3O/c1-8-12(4-11(17)5-13(8)19)15(21)20-14-6-10(16)3-2-9(14)7-18/h2-6H,19H2,1H3,(H,20,21). The Bertz CT molecular complexity index is 766. The Morgan fingerprint density at radius 2 is 1.95 bits per heavy atom. The smallest absolute Gasteiger partial charge is 0.256 e. The van der Waals surface area contributed by atoms with Crippen molar-refractivity contribution in [2.24, 2.45) is 0 Å². The first-order chi connectivity index (χ1) is 9.92. The Morgan fingerprint density at radius 3 is 2.62 bits per heavy atom. The van der Waals surface area contributed by atoms with Gasteiger partial charge in [-0.15, -0.1) is 0 Å². The van der Waals surface area contributed by atoms with Gasteiger partial charge in [-0.1, -0.05) is 31.9 Å². The number of rotatable bonds is 2. The average Bonchev–Trinajstić information content (AvgIpc) is 2.43. The molecule has 3 N–H and O–H groups in total. The van der Waals surface area contributed by atoms with Crippen molar-refractivity contribution < 1.29 is 4.79 Å². The van der Waals surface area contributed by atoms with E-state index in [-0.39, 0.29) is 5.91 Å². The molecule has 106 valence electrons. The molecular weight excluding hydrogens is 398 g/mol. The molecule has 0 saturated heterocycles. The fourth-order valence-electron chi connectivity index (χ4n) is 1.84. The zero-order valence-electron chi connectivity index (χ0n) is 11.1. The minimum absolute atomic E-state index is 0.310. The van der Waals surface area contributed by atoms with Crippen LogP contribution in [-0.2, 0) is 0 Å². The van der Waals surface area contributed by atoms with Gasteiger partial charge >= 0.3 is 0 Å². The summed E-state index contributed by atoms with van der Waals surface area (Å²) in [5.41, 5.74) is 8.41. The maximum Gasteiger partial charge on any atom is 0.256 e. The van der Waals surface area contributed by atoms with E-state index in [9.17, 15) is 4.79 Å². The van der Waals surface area contributed by atoms with Gasteiger partial charge in [-0.3, -0.25) is 4.79 Å². The molecule has 0 aliphatic heterocycles. The molecule has 0 unspecified atom stereocenters. The van der Waals surface area contributed by atoms with Crippen LogP contribution in [0.5, 0.6) is 0 Å². The van der Waals surface area contributed by atoms with E-state index < -0.39 is 0 Å². The average molecular weight is 409 g/mol. The van der Waals surface area contributed by atoms with Gasteiger partial charge in [0.25, 0.3) is 5.91 Å². The number of amides is 1. The van der Waals surface area contributed by atoms with Crippen molar-refractivity contribution in [3.63, 3.8) is 0 Å². The number of nitrogens with zero attached hydrogens (tertiary/aromatic N) is 1. The monoisotopic (exact) mass is 407 g/mol. The van der Waals surface area contributed by atoms with Crippen LogP contribution in [0.4, 0.5) is 11.4 Å². The lowest BCUT2D eigenvalue weighted by Gasteiger charge is -2.11. The highest BCUT2D eigenvalue weighted by atomic mass is 79.9. The van der Waals surface area contributed by atoms with Crippen LogP contribution in [0.1, 0.15) is 21.5 Å². The summed E-state index contributed by atoms with van der Waals surface area (Å²) in [6.07, 6.45) is 0. The molecule has 0 atom stereocenters. The fraction of sp³-hybridized carbons (Fsp3) is 0.0667. The minimum Gasteiger partial charge on any atom is -0.398 e. The Balaban J connectivity index is 2.40. The summed E-state index contributed by atoms with van der Waals surface area (Å²) in [5, 5.41) is 11.8. The number of hydrogen-bond donors (Lipinski definition) is 2. The van der Waals surface area contributed by atoms with Crippen molar-refractivity contribution in [1.29, 1.82) is 5.26 Å². The van der Waals surface area contributed by atoms with E-state index in [2.05, 4.69) is 37.2 Å². The Labute approximate surface area is 139 Å². The number of carbonyl (C=O) groups is 1. The van der Waals surface area contributed by atoms with E-state index in [0.29, 0.717) is 28.1 Å². The van der Waals surface area contributed by atoms with Crippen LogP contribution in [0.3, 0.4) is 0 Å². The minimum atomic E-state index is -0.310. The second-order valence-corrected chi connectivity index (χ2v) is 6.25. The zero-order valence-corrected chi connectivity index (χ0v) is 14.2. The molecule has 0 radical (unpaired) electrons. The third-order valence-electron chi connectivity index (χ3n) is 3.01. The Hall–Kier alpha value is -1.84. The first kappa shape index (κ1) is 15.5. The summed E-state index contributed by atoms with van der Waals surface area (Å²) in [7, 11) is 0. The number of hydrogen-bond acceptors (Lipinski definition) is 3. The number of anilines is 2. The molecule has 21 heavy (non-hydrogen) atoms. The summed E-state index contributed by atoms with van der Waals surface area (Å²) < 4.78 is 1.51. The Kier molecular flexibility index (Phi) is 4.66. The van der Waals surface area contributed by atoms with Crippen molar-refractivity contribution in [1.82, 2.24) is 0 Å². The van der Waals surface area contributed by atoms with Crippen LogP contribution in [-0.4, -0.2) is 5.91 Å². The molecule has 0 saturated carbocycles. The SMILES string of the molecule is Cc1c(N)cc(Br)cc1C(=O)Nc1cc(Br)ccc1C#N. The van der Waals surface area contributed by atoms with Gasteiger partial charge in [-0.2, -0.15) is 5.26 Å². The van der Waals surface area contributed by atoms with Crippen LogP contribution >= 0.6 is 31.9 Å². The first-order valence-corrected chi connectivity index (χ1v) is 7.57. The first-order valence-electron chi connectivity index (χ1n) is 5.99.